The molecule has 6 aromatic rings. The van der Waals surface area contributed by atoms with Crippen molar-refractivity contribution < 1.29 is 0 Å². The Kier molecular flexibility index (Phi) is 8.97. The number of hydrogen-bond donors (Lipinski definition) is 0. The fourth-order valence-electron chi connectivity index (χ4n) is 6.52. The summed E-state index contributed by atoms with van der Waals surface area (Å²) >= 11 is 0. The molecule has 0 radical (unpaired) electrons. The van der Waals surface area contributed by atoms with Gasteiger partial charge in [0.05, 0.1) is 0 Å². The Morgan fingerprint density at radius 1 is 0.587 bits per heavy atom. The van der Waals surface area contributed by atoms with Crippen molar-refractivity contribution in [3.63, 3.8) is 0 Å². The summed E-state index contributed by atoms with van der Waals surface area (Å²) in [5.74, 6) is 0.267. The predicted molar refractivity (Wildman–Crippen MR) is 197 cm³/mol. The van der Waals surface area contributed by atoms with Crippen molar-refractivity contribution in [2.24, 2.45) is 0 Å². The monoisotopic (exact) mass is 590 g/mol. The molecule has 46 heavy (non-hydrogen) atoms. The number of benzene rings is 6. The molecule has 0 bridgehead atoms. The van der Waals surface area contributed by atoms with Crippen molar-refractivity contribution in [1.29, 1.82) is 0 Å². The number of fused-ring (bicyclic) bond motifs is 1. The molecule has 222 valence electrons. The lowest BCUT2D eigenvalue weighted by molar-refractivity contribution is 0.812. The molecule has 1 aliphatic rings. The van der Waals surface area contributed by atoms with E-state index in [0.29, 0.717) is 0 Å². The zero-order chi connectivity index (χ0) is 31.0. The highest BCUT2D eigenvalue weighted by Crippen LogP contribution is 2.35. The Balaban J connectivity index is 1.14. The van der Waals surface area contributed by atoms with Gasteiger partial charge in [0.2, 0.25) is 0 Å². The first-order chi connectivity index (χ1) is 22.8. The number of hydrogen-bond acceptors (Lipinski definition) is 0. The van der Waals surface area contributed by atoms with Crippen LogP contribution in [-0.2, 0) is 12.8 Å². The second-order valence-corrected chi connectivity index (χ2v) is 12.1. The highest BCUT2D eigenvalue weighted by atomic mass is 14.2. The summed E-state index contributed by atoms with van der Waals surface area (Å²) in [7, 11) is 0. The van der Waals surface area contributed by atoms with Gasteiger partial charge in [-0.15, -0.1) is 0 Å². The molecule has 0 aliphatic heterocycles. The lowest BCUT2D eigenvalue weighted by atomic mass is 9.83. The van der Waals surface area contributed by atoms with Crippen LogP contribution < -0.4 is 0 Å². The topological polar surface area (TPSA) is 0 Å². The van der Waals surface area contributed by atoms with E-state index in [1.54, 1.807) is 0 Å². The Morgan fingerprint density at radius 3 is 2.00 bits per heavy atom. The molecule has 6 aromatic carbocycles. The van der Waals surface area contributed by atoms with Crippen molar-refractivity contribution >= 4 is 16.3 Å². The summed E-state index contributed by atoms with van der Waals surface area (Å²) in [5.41, 5.74) is 11.8. The molecule has 0 N–H and O–H groups in total. The van der Waals surface area contributed by atoms with E-state index in [1.807, 2.05) is 0 Å². The highest BCUT2D eigenvalue weighted by molar-refractivity contribution is 5.86. The van der Waals surface area contributed by atoms with Gasteiger partial charge in [0.15, 0.2) is 0 Å². The molecular formula is C46H38. The van der Waals surface area contributed by atoms with E-state index >= 15 is 0 Å². The maximum atomic E-state index is 2.33. The molecule has 0 saturated carbocycles. The SMILES string of the molecule is C1=CC/C(=C/C=C(/Cc2ccc(-c3ccc(C(Cc4ccccc4)c4cccc5ccccc45)cc3)cc2)c2ccccc2)C=C1. The molecule has 0 spiro atoms. The van der Waals surface area contributed by atoms with Gasteiger partial charge in [0.25, 0.3) is 0 Å². The molecule has 0 heterocycles. The largest absolute Gasteiger partial charge is 0.0801 e. The van der Waals surface area contributed by atoms with Gasteiger partial charge < -0.3 is 0 Å². The van der Waals surface area contributed by atoms with Crippen LogP contribution in [0.15, 0.2) is 194 Å². The third kappa shape index (κ3) is 6.93. The molecular weight excluding hydrogens is 553 g/mol. The van der Waals surface area contributed by atoms with E-state index < -0.39 is 0 Å². The fourth-order valence-corrected chi connectivity index (χ4v) is 6.52. The van der Waals surface area contributed by atoms with Gasteiger partial charge in [-0.05, 0) is 80.1 Å². The van der Waals surface area contributed by atoms with Crippen LogP contribution in [0, 0.1) is 0 Å². The molecule has 1 atom stereocenters. The van der Waals surface area contributed by atoms with Gasteiger partial charge >= 0.3 is 0 Å². The summed E-state index contributed by atoms with van der Waals surface area (Å²) in [6, 6.07) is 55.4. The van der Waals surface area contributed by atoms with Crippen molar-refractivity contribution in [1.82, 2.24) is 0 Å². The van der Waals surface area contributed by atoms with Crippen LogP contribution in [0.2, 0.25) is 0 Å². The van der Waals surface area contributed by atoms with Crippen molar-refractivity contribution in [3.05, 3.63) is 222 Å². The quantitative estimate of drug-likeness (QED) is 0.157. The lowest BCUT2D eigenvalue weighted by Crippen LogP contribution is -2.06. The van der Waals surface area contributed by atoms with E-state index in [4.69, 9.17) is 0 Å². The van der Waals surface area contributed by atoms with Crippen LogP contribution in [0.4, 0.5) is 0 Å². The molecule has 0 saturated heterocycles. The van der Waals surface area contributed by atoms with Gasteiger partial charge in [-0.2, -0.15) is 0 Å². The predicted octanol–water partition coefficient (Wildman–Crippen LogP) is 11.9. The van der Waals surface area contributed by atoms with Crippen LogP contribution in [0.25, 0.3) is 27.5 Å². The molecule has 0 nitrogen and oxygen atoms in total. The Labute approximate surface area is 273 Å². The summed E-state index contributed by atoms with van der Waals surface area (Å²) < 4.78 is 0. The van der Waals surface area contributed by atoms with Gasteiger partial charge in [-0.25, -0.2) is 0 Å². The molecule has 1 unspecified atom stereocenters. The Hall–Kier alpha value is -5.46. The third-order valence-corrected chi connectivity index (χ3v) is 9.03. The standard InChI is InChI=1S/C46H38/c1-4-13-35(14-5-1)23-28-43(38-17-8-3-9-18-38)33-37-24-26-39(27-25-37)40-29-31-42(32-30-40)46(34-36-15-6-2-7-16-36)45-22-12-20-41-19-10-11-21-44(41)45/h1-13,15-32,46H,14,33-34H2/b35-23+,43-28-. The van der Waals surface area contributed by atoms with E-state index in [9.17, 15) is 0 Å². The second kappa shape index (κ2) is 14.1. The second-order valence-electron chi connectivity index (χ2n) is 12.1. The van der Waals surface area contributed by atoms with Gasteiger partial charge in [0, 0.05) is 5.92 Å². The first-order valence-corrected chi connectivity index (χ1v) is 16.3. The van der Waals surface area contributed by atoms with Crippen molar-refractivity contribution in [2.75, 3.05) is 0 Å². The zero-order valence-corrected chi connectivity index (χ0v) is 26.1. The first-order valence-electron chi connectivity index (χ1n) is 16.3. The summed E-state index contributed by atoms with van der Waals surface area (Å²) in [4.78, 5) is 0. The van der Waals surface area contributed by atoms with E-state index in [1.165, 1.54) is 60.9 Å². The van der Waals surface area contributed by atoms with Crippen LogP contribution in [0.3, 0.4) is 0 Å². The molecule has 0 heteroatoms. The summed E-state index contributed by atoms with van der Waals surface area (Å²) in [6.45, 7) is 0. The molecule has 0 fully saturated rings. The minimum absolute atomic E-state index is 0.267. The highest BCUT2D eigenvalue weighted by Gasteiger charge is 2.18. The van der Waals surface area contributed by atoms with E-state index in [0.717, 1.165) is 19.3 Å². The number of rotatable bonds is 9. The van der Waals surface area contributed by atoms with Crippen LogP contribution in [0.5, 0.6) is 0 Å². The normalized spacial score (nSPS) is 14.5. The van der Waals surface area contributed by atoms with Crippen LogP contribution in [0.1, 0.15) is 40.2 Å². The van der Waals surface area contributed by atoms with Gasteiger partial charge in [-0.1, -0.05) is 188 Å². The minimum Gasteiger partial charge on any atom is -0.0801 e. The Morgan fingerprint density at radius 2 is 1.26 bits per heavy atom. The minimum atomic E-state index is 0.267. The smallest absolute Gasteiger partial charge is 0.0136 e. The first kappa shape index (κ1) is 29.3. The average Bonchev–Trinajstić information content (AvgIpc) is 3.14. The van der Waals surface area contributed by atoms with E-state index in [-0.39, 0.29) is 5.92 Å². The average molecular weight is 591 g/mol. The zero-order valence-electron chi connectivity index (χ0n) is 26.1. The van der Waals surface area contributed by atoms with Gasteiger partial charge in [0.1, 0.15) is 0 Å². The van der Waals surface area contributed by atoms with Crippen LogP contribution in [-0.4, -0.2) is 0 Å². The summed E-state index contributed by atoms with van der Waals surface area (Å²) in [5, 5.41) is 2.62. The maximum absolute atomic E-state index is 2.33. The molecule has 0 aromatic heterocycles. The van der Waals surface area contributed by atoms with Crippen LogP contribution >= 0.6 is 0 Å². The summed E-state index contributed by atoms with van der Waals surface area (Å²) in [6.07, 6.45) is 16.0. The van der Waals surface area contributed by atoms with Crippen molar-refractivity contribution in [2.45, 2.75) is 25.2 Å². The molecule has 7 rings (SSSR count). The molecule has 1 aliphatic carbocycles. The third-order valence-electron chi connectivity index (χ3n) is 9.03. The number of allylic oxidation sites excluding steroid dienone is 8. The van der Waals surface area contributed by atoms with Gasteiger partial charge in [-0.3, -0.25) is 0 Å². The molecule has 0 amide bonds. The maximum Gasteiger partial charge on any atom is 0.0136 e. The fraction of sp³-hybridized carbons (Fsp3) is 0.0870. The van der Waals surface area contributed by atoms with Crippen molar-refractivity contribution in [3.8, 4) is 11.1 Å². The van der Waals surface area contributed by atoms with E-state index in [2.05, 4.69) is 188 Å². The Bertz CT molecular complexity index is 2010. The lowest BCUT2D eigenvalue weighted by Gasteiger charge is -2.21.